The second-order valence-electron chi connectivity index (χ2n) is 5.33. The number of halogens is 1. The molecule has 0 saturated heterocycles. The summed E-state index contributed by atoms with van der Waals surface area (Å²) in [6.07, 6.45) is 0. The Hall–Kier alpha value is -2.54. The molecule has 25 heavy (non-hydrogen) atoms. The van der Waals surface area contributed by atoms with Gasteiger partial charge in [-0.15, -0.1) is 0 Å². The molecule has 2 rings (SSSR count). The summed E-state index contributed by atoms with van der Waals surface area (Å²) >= 11 is 3.42. The highest BCUT2D eigenvalue weighted by atomic mass is 79.9. The van der Waals surface area contributed by atoms with Crippen LogP contribution in [0.25, 0.3) is 0 Å². The zero-order valence-electron chi connectivity index (χ0n) is 13.9. The standard InChI is InChI=1S/C18H19BrN2O4/c1-11(12-7-8-16(24-2)14(19)9-12)21-17(22)10-25-15-6-4-3-5-13(15)18(20)23/h3-9,11H,10H2,1-2H3,(H2,20,23)(H,21,22)/t11-/m0/s1. The Bertz CT molecular complexity index is 779. The normalized spacial score (nSPS) is 11.5. The van der Waals surface area contributed by atoms with Crippen molar-refractivity contribution in [3.05, 3.63) is 58.1 Å². The number of nitrogens with one attached hydrogen (secondary N) is 1. The molecule has 0 saturated carbocycles. The first-order chi connectivity index (χ1) is 11.9. The number of amides is 2. The van der Waals surface area contributed by atoms with Crippen molar-refractivity contribution in [1.82, 2.24) is 5.32 Å². The van der Waals surface area contributed by atoms with E-state index in [1.165, 1.54) is 0 Å². The van der Waals surface area contributed by atoms with Gasteiger partial charge in [-0.1, -0.05) is 18.2 Å². The van der Waals surface area contributed by atoms with Crippen LogP contribution >= 0.6 is 15.9 Å². The lowest BCUT2D eigenvalue weighted by Crippen LogP contribution is -2.31. The van der Waals surface area contributed by atoms with Crippen LogP contribution in [0.1, 0.15) is 28.9 Å². The fourth-order valence-corrected chi connectivity index (χ4v) is 2.82. The van der Waals surface area contributed by atoms with Gasteiger partial charge in [0.25, 0.3) is 11.8 Å². The lowest BCUT2D eigenvalue weighted by atomic mass is 10.1. The Morgan fingerprint density at radius 2 is 1.92 bits per heavy atom. The average Bonchev–Trinajstić information content (AvgIpc) is 2.60. The van der Waals surface area contributed by atoms with E-state index in [4.69, 9.17) is 15.2 Å². The molecule has 6 nitrogen and oxygen atoms in total. The number of rotatable bonds is 7. The number of carbonyl (C=O) groups excluding carboxylic acids is 2. The number of primary amides is 1. The lowest BCUT2D eigenvalue weighted by molar-refractivity contribution is -0.123. The van der Waals surface area contributed by atoms with Crippen LogP contribution in [0, 0.1) is 0 Å². The van der Waals surface area contributed by atoms with E-state index >= 15 is 0 Å². The van der Waals surface area contributed by atoms with Gasteiger partial charge in [0.1, 0.15) is 11.5 Å². The second-order valence-corrected chi connectivity index (χ2v) is 6.19. The number of benzene rings is 2. The van der Waals surface area contributed by atoms with E-state index in [9.17, 15) is 9.59 Å². The molecule has 0 aromatic heterocycles. The molecule has 0 radical (unpaired) electrons. The molecular weight excluding hydrogens is 388 g/mol. The number of carbonyl (C=O) groups is 2. The predicted molar refractivity (Wildman–Crippen MR) is 97.7 cm³/mol. The van der Waals surface area contributed by atoms with E-state index in [1.807, 2.05) is 25.1 Å². The number of para-hydroxylation sites is 1. The number of hydrogen-bond acceptors (Lipinski definition) is 4. The Labute approximate surface area is 154 Å². The number of ether oxygens (including phenoxy) is 2. The van der Waals surface area contributed by atoms with E-state index in [1.54, 1.807) is 31.4 Å². The minimum atomic E-state index is -0.604. The molecule has 0 aliphatic heterocycles. The van der Waals surface area contributed by atoms with E-state index in [0.29, 0.717) is 5.75 Å². The summed E-state index contributed by atoms with van der Waals surface area (Å²) in [5, 5.41) is 2.84. The van der Waals surface area contributed by atoms with Gasteiger partial charge in [-0.05, 0) is 52.7 Å². The molecule has 0 aliphatic rings. The SMILES string of the molecule is COc1ccc([C@H](C)NC(=O)COc2ccccc2C(N)=O)cc1Br. The van der Waals surface area contributed by atoms with Gasteiger partial charge in [0.15, 0.2) is 6.61 Å². The van der Waals surface area contributed by atoms with Crippen LogP contribution in [0.15, 0.2) is 46.9 Å². The van der Waals surface area contributed by atoms with Crippen molar-refractivity contribution < 1.29 is 19.1 Å². The summed E-state index contributed by atoms with van der Waals surface area (Å²) in [6, 6.07) is 11.9. The second kappa shape index (κ2) is 8.53. The van der Waals surface area contributed by atoms with Crippen molar-refractivity contribution in [3.63, 3.8) is 0 Å². The maximum atomic E-state index is 12.1. The third-order valence-electron chi connectivity index (χ3n) is 3.56. The molecule has 0 bridgehead atoms. The molecule has 0 aliphatic carbocycles. The summed E-state index contributed by atoms with van der Waals surface area (Å²) in [7, 11) is 1.59. The van der Waals surface area contributed by atoms with Gasteiger partial charge in [-0.25, -0.2) is 0 Å². The van der Waals surface area contributed by atoms with E-state index in [0.717, 1.165) is 10.0 Å². The summed E-state index contributed by atoms with van der Waals surface area (Å²) < 4.78 is 11.4. The topological polar surface area (TPSA) is 90.7 Å². The fraction of sp³-hybridized carbons (Fsp3) is 0.222. The highest BCUT2D eigenvalue weighted by molar-refractivity contribution is 9.10. The first-order valence-electron chi connectivity index (χ1n) is 7.56. The lowest BCUT2D eigenvalue weighted by Gasteiger charge is -2.16. The minimum Gasteiger partial charge on any atom is -0.496 e. The summed E-state index contributed by atoms with van der Waals surface area (Å²) in [5.41, 5.74) is 6.44. The van der Waals surface area contributed by atoms with Crippen LogP contribution < -0.4 is 20.5 Å². The summed E-state index contributed by atoms with van der Waals surface area (Å²) in [6.45, 7) is 1.65. The first-order valence-corrected chi connectivity index (χ1v) is 8.36. The van der Waals surface area contributed by atoms with Crippen LogP contribution in [0.2, 0.25) is 0 Å². The molecule has 0 unspecified atom stereocenters. The molecule has 7 heteroatoms. The third kappa shape index (κ3) is 4.96. The number of nitrogens with two attached hydrogens (primary N) is 1. The van der Waals surface area contributed by atoms with Gasteiger partial charge in [-0.2, -0.15) is 0 Å². The molecule has 2 aromatic carbocycles. The molecule has 1 atom stereocenters. The first kappa shape index (κ1) is 18.8. The minimum absolute atomic E-state index is 0.216. The van der Waals surface area contributed by atoms with Gasteiger partial charge in [0.05, 0.1) is 23.2 Å². The maximum Gasteiger partial charge on any atom is 0.258 e. The molecule has 2 amide bonds. The predicted octanol–water partition coefficient (Wildman–Crippen LogP) is 2.81. The van der Waals surface area contributed by atoms with Gasteiger partial charge >= 0.3 is 0 Å². The largest absolute Gasteiger partial charge is 0.496 e. The maximum absolute atomic E-state index is 12.1. The highest BCUT2D eigenvalue weighted by Crippen LogP contribution is 2.28. The highest BCUT2D eigenvalue weighted by Gasteiger charge is 2.14. The van der Waals surface area contributed by atoms with Crippen LogP contribution in [0.4, 0.5) is 0 Å². The Balaban J connectivity index is 1.96. The van der Waals surface area contributed by atoms with Crippen molar-refractivity contribution >= 4 is 27.7 Å². The Kier molecular flexibility index (Phi) is 6.41. The fourth-order valence-electron chi connectivity index (χ4n) is 2.26. The monoisotopic (exact) mass is 406 g/mol. The van der Waals surface area contributed by atoms with Gasteiger partial charge in [0.2, 0.25) is 0 Å². The van der Waals surface area contributed by atoms with Gasteiger partial charge < -0.3 is 20.5 Å². The van der Waals surface area contributed by atoms with Crippen LogP contribution in [0.3, 0.4) is 0 Å². The Morgan fingerprint density at radius 3 is 2.56 bits per heavy atom. The third-order valence-corrected chi connectivity index (χ3v) is 4.18. The van der Waals surface area contributed by atoms with Crippen molar-refractivity contribution in [3.8, 4) is 11.5 Å². The molecule has 3 N–H and O–H groups in total. The quantitative estimate of drug-likeness (QED) is 0.739. The van der Waals surface area contributed by atoms with Crippen LogP contribution in [-0.2, 0) is 4.79 Å². The number of hydrogen-bond donors (Lipinski definition) is 2. The van der Waals surface area contributed by atoms with E-state index in [-0.39, 0.29) is 29.9 Å². The zero-order chi connectivity index (χ0) is 18.4. The molecule has 132 valence electrons. The van der Waals surface area contributed by atoms with Gasteiger partial charge in [0, 0.05) is 0 Å². The number of methoxy groups -OCH3 is 1. The molecule has 0 spiro atoms. The van der Waals surface area contributed by atoms with E-state index in [2.05, 4.69) is 21.2 Å². The molecular formula is C18H19BrN2O4. The summed E-state index contributed by atoms with van der Waals surface area (Å²) in [5.74, 6) is 0.0878. The molecule has 2 aromatic rings. The average molecular weight is 407 g/mol. The van der Waals surface area contributed by atoms with Crippen molar-refractivity contribution in [1.29, 1.82) is 0 Å². The molecule has 0 heterocycles. The molecule has 0 fully saturated rings. The van der Waals surface area contributed by atoms with Crippen molar-refractivity contribution in [2.75, 3.05) is 13.7 Å². The van der Waals surface area contributed by atoms with Crippen LogP contribution in [0.5, 0.6) is 11.5 Å². The van der Waals surface area contributed by atoms with Gasteiger partial charge in [-0.3, -0.25) is 9.59 Å². The van der Waals surface area contributed by atoms with Crippen molar-refractivity contribution in [2.24, 2.45) is 5.73 Å². The summed E-state index contributed by atoms with van der Waals surface area (Å²) in [4.78, 5) is 23.4. The van der Waals surface area contributed by atoms with Crippen LogP contribution in [-0.4, -0.2) is 25.5 Å². The Morgan fingerprint density at radius 1 is 1.20 bits per heavy atom. The van der Waals surface area contributed by atoms with Crippen molar-refractivity contribution in [2.45, 2.75) is 13.0 Å². The van der Waals surface area contributed by atoms with E-state index < -0.39 is 5.91 Å². The zero-order valence-corrected chi connectivity index (χ0v) is 15.5. The smallest absolute Gasteiger partial charge is 0.258 e.